The summed E-state index contributed by atoms with van der Waals surface area (Å²) < 4.78 is 5.39. The van der Waals surface area contributed by atoms with E-state index < -0.39 is 0 Å². The second kappa shape index (κ2) is 3.71. The summed E-state index contributed by atoms with van der Waals surface area (Å²) in [4.78, 5) is 10.9. The van der Waals surface area contributed by atoms with Crippen LogP contribution < -0.4 is 4.74 Å². The maximum Gasteiger partial charge on any atom is 0.146 e. The molecule has 0 saturated heterocycles. The van der Waals surface area contributed by atoms with E-state index in [0.29, 0.717) is 6.61 Å². The molecule has 2 rings (SSSR count). The van der Waals surface area contributed by atoms with Crippen LogP contribution in [-0.2, 0) is 6.61 Å². The zero-order valence-electron chi connectivity index (χ0n) is 6.97. The minimum atomic E-state index is 0.443. The molecule has 0 fully saturated rings. The molecule has 4 heteroatoms. The molecule has 0 bridgehead atoms. The van der Waals surface area contributed by atoms with Crippen LogP contribution in [0.2, 0.25) is 0 Å². The fourth-order valence-corrected chi connectivity index (χ4v) is 0.961. The molecular weight excluding hydrogens is 166 g/mol. The van der Waals surface area contributed by atoms with Gasteiger partial charge in [0.1, 0.15) is 18.2 Å². The van der Waals surface area contributed by atoms with Crippen LogP contribution in [0.3, 0.4) is 0 Å². The van der Waals surface area contributed by atoms with E-state index in [4.69, 9.17) is 4.74 Å². The largest absolute Gasteiger partial charge is 0.484 e. The van der Waals surface area contributed by atoms with Gasteiger partial charge in [-0.15, -0.1) is 0 Å². The predicted molar refractivity (Wildman–Crippen MR) is 47.2 cm³/mol. The second-order valence-electron chi connectivity index (χ2n) is 2.51. The van der Waals surface area contributed by atoms with E-state index in [1.165, 1.54) is 0 Å². The molecule has 0 radical (unpaired) electrons. The smallest absolute Gasteiger partial charge is 0.146 e. The summed E-state index contributed by atoms with van der Waals surface area (Å²) in [6.45, 7) is 0.443. The van der Waals surface area contributed by atoms with Crippen molar-refractivity contribution in [3.8, 4) is 5.75 Å². The van der Waals surface area contributed by atoms with Crippen molar-refractivity contribution < 1.29 is 4.74 Å². The number of hydrogen-bond donors (Lipinski definition) is 1. The highest BCUT2D eigenvalue weighted by atomic mass is 16.5. The van der Waals surface area contributed by atoms with Crippen LogP contribution in [0.5, 0.6) is 5.75 Å². The molecular formula is C9H9N3O. The van der Waals surface area contributed by atoms with Crippen LogP contribution in [0, 0.1) is 0 Å². The highest BCUT2D eigenvalue weighted by Gasteiger charge is 1.95. The molecule has 1 N–H and O–H groups in total. The second-order valence-corrected chi connectivity index (χ2v) is 2.51. The number of aromatic amines is 1. The summed E-state index contributed by atoms with van der Waals surface area (Å²) in [6, 6.07) is 3.69. The molecule has 0 atom stereocenters. The molecule has 0 aliphatic rings. The molecule has 4 nitrogen and oxygen atoms in total. The number of pyridine rings is 1. The van der Waals surface area contributed by atoms with Gasteiger partial charge in [-0.05, 0) is 12.1 Å². The van der Waals surface area contributed by atoms with Crippen LogP contribution in [0.1, 0.15) is 5.82 Å². The van der Waals surface area contributed by atoms with Crippen LogP contribution in [0.25, 0.3) is 0 Å². The van der Waals surface area contributed by atoms with E-state index in [0.717, 1.165) is 11.6 Å². The number of imidazole rings is 1. The molecule has 0 aliphatic carbocycles. The lowest BCUT2D eigenvalue weighted by Gasteiger charge is -2.01. The van der Waals surface area contributed by atoms with E-state index in [1.807, 2.05) is 12.1 Å². The number of nitrogens with zero attached hydrogens (tertiary/aromatic N) is 2. The summed E-state index contributed by atoms with van der Waals surface area (Å²) in [6.07, 6.45) is 6.84. The van der Waals surface area contributed by atoms with Crippen molar-refractivity contribution in [3.05, 3.63) is 42.7 Å². The Kier molecular flexibility index (Phi) is 2.22. The van der Waals surface area contributed by atoms with Crippen LogP contribution in [0.15, 0.2) is 36.9 Å². The number of aromatic nitrogens is 3. The van der Waals surface area contributed by atoms with Crippen molar-refractivity contribution >= 4 is 0 Å². The number of hydrogen-bond acceptors (Lipinski definition) is 3. The van der Waals surface area contributed by atoms with Crippen molar-refractivity contribution in [1.82, 2.24) is 15.0 Å². The fourth-order valence-electron chi connectivity index (χ4n) is 0.961. The lowest BCUT2D eigenvalue weighted by atomic mass is 10.5. The van der Waals surface area contributed by atoms with Gasteiger partial charge in [-0.25, -0.2) is 4.98 Å². The van der Waals surface area contributed by atoms with Gasteiger partial charge in [0, 0.05) is 18.6 Å². The summed E-state index contributed by atoms with van der Waals surface area (Å²) in [5.41, 5.74) is 0. The Labute approximate surface area is 75.6 Å². The highest BCUT2D eigenvalue weighted by molar-refractivity contribution is 5.15. The van der Waals surface area contributed by atoms with Crippen molar-refractivity contribution in [2.75, 3.05) is 0 Å². The molecule has 0 unspecified atom stereocenters. The Morgan fingerprint density at radius 2 is 2.38 bits per heavy atom. The first-order chi connectivity index (χ1) is 6.45. The van der Waals surface area contributed by atoms with Gasteiger partial charge in [0.2, 0.25) is 0 Å². The van der Waals surface area contributed by atoms with Crippen LogP contribution in [0.4, 0.5) is 0 Å². The Morgan fingerprint density at radius 1 is 1.38 bits per heavy atom. The Hall–Kier alpha value is -1.84. The predicted octanol–water partition coefficient (Wildman–Crippen LogP) is 1.38. The van der Waals surface area contributed by atoms with Crippen molar-refractivity contribution in [2.24, 2.45) is 0 Å². The zero-order chi connectivity index (χ0) is 8.93. The standard InChI is InChI=1S/C9H9N3O/c1-2-8(6-10-3-1)13-7-9-11-4-5-12-9/h1-6H,7H2,(H,11,12). The third-order valence-electron chi connectivity index (χ3n) is 1.56. The minimum Gasteiger partial charge on any atom is -0.484 e. The Balaban J connectivity index is 1.94. The highest BCUT2D eigenvalue weighted by Crippen LogP contribution is 2.07. The van der Waals surface area contributed by atoms with Gasteiger partial charge in [-0.3, -0.25) is 4.98 Å². The molecule has 2 aromatic heterocycles. The first kappa shape index (κ1) is 7.79. The monoisotopic (exact) mass is 175 g/mol. The number of ether oxygens (including phenoxy) is 1. The SMILES string of the molecule is c1cncc(OCc2ncc[nH]2)c1. The van der Waals surface area contributed by atoms with Crippen LogP contribution >= 0.6 is 0 Å². The van der Waals surface area contributed by atoms with Crippen LogP contribution in [-0.4, -0.2) is 15.0 Å². The topological polar surface area (TPSA) is 50.8 Å². The average molecular weight is 175 g/mol. The van der Waals surface area contributed by atoms with Gasteiger partial charge in [-0.2, -0.15) is 0 Å². The van der Waals surface area contributed by atoms with Gasteiger partial charge >= 0.3 is 0 Å². The number of H-pyrrole nitrogens is 1. The Bertz CT molecular complexity index is 344. The molecule has 2 heterocycles. The normalized spacial score (nSPS) is 9.85. The van der Waals surface area contributed by atoms with Gasteiger partial charge in [0.15, 0.2) is 0 Å². The van der Waals surface area contributed by atoms with Gasteiger partial charge in [-0.1, -0.05) is 0 Å². The van der Waals surface area contributed by atoms with Crippen molar-refractivity contribution in [2.45, 2.75) is 6.61 Å². The molecule has 0 aliphatic heterocycles. The first-order valence-corrected chi connectivity index (χ1v) is 3.96. The molecule has 0 saturated carbocycles. The third kappa shape index (κ3) is 2.05. The average Bonchev–Trinajstić information content (AvgIpc) is 2.69. The van der Waals surface area contributed by atoms with Gasteiger partial charge in [0.05, 0.1) is 6.20 Å². The first-order valence-electron chi connectivity index (χ1n) is 3.96. The maximum atomic E-state index is 5.39. The number of rotatable bonds is 3. The van der Waals surface area contributed by atoms with Gasteiger partial charge < -0.3 is 9.72 Å². The third-order valence-corrected chi connectivity index (χ3v) is 1.56. The minimum absolute atomic E-state index is 0.443. The van der Waals surface area contributed by atoms with Gasteiger partial charge in [0.25, 0.3) is 0 Å². The molecule has 0 spiro atoms. The summed E-state index contributed by atoms with van der Waals surface area (Å²) >= 11 is 0. The molecule has 0 amide bonds. The summed E-state index contributed by atoms with van der Waals surface area (Å²) in [7, 11) is 0. The molecule has 0 aromatic carbocycles. The lowest BCUT2D eigenvalue weighted by molar-refractivity contribution is 0.296. The van der Waals surface area contributed by atoms with E-state index >= 15 is 0 Å². The Morgan fingerprint density at radius 3 is 3.08 bits per heavy atom. The van der Waals surface area contributed by atoms with Crippen molar-refractivity contribution in [3.63, 3.8) is 0 Å². The molecule has 2 aromatic rings. The quantitative estimate of drug-likeness (QED) is 0.766. The summed E-state index contributed by atoms with van der Waals surface area (Å²) in [5.74, 6) is 1.56. The number of nitrogens with one attached hydrogen (secondary N) is 1. The van der Waals surface area contributed by atoms with E-state index in [-0.39, 0.29) is 0 Å². The fraction of sp³-hybridized carbons (Fsp3) is 0.111. The molecule has 13 heavy (non-hydrogen) atoms. The lowest BCUT2D eigenvalue weighted by Crippen LogP contribution is -1.97. The van der Waals surface area contributed by atoms with E-state index in [1.54, 1.807) is 24.8 Å². The van der Waals surface area contributed by atoms with E-state index in [2.05, 4.69) is 15.0 Å². The van der Waals surface area contributed by atoms with Crippen molar-refractivity contribution in [1.29, 1.82) is 0 Å². The molecule has 66 valence electrons. The summed E-state index contributed by atoms with van der Waals surface area (Å²) in [5, 5.41) is 0. The van der Waals surface area contributed by atoms with E-state index in [9.17, 15) is 0 Å². The maximum absolute atomic E-state index is 5.39. The zero-order valence-corrected chi connectivity index (χ0v) is 6.97.